The van der Waals surface area contributed by atoms with E-state index in [1.807, 2.05) is 0 Å². The molecule has 0 saturated heterocycles. The van der Waals surface area contributed by atoms with Gasteiger partial charge in [0.1, 0.15) is 14.4 Å². The van der Waals surface area contributed by atoms with Crippen molar-refractivity contribution in [3.8, 4) is 0 Å². The van der Waals surface area contributed by atoms with Crippen LogP contribution in [0.5, 0.6) is 0 Å². The van der Waals surface area contributed by atoms with E-state index >= 15 is 0 Å². The molecular formula is C2H4Cl3N2PS2. The largest absolute Gasteiger partial charge is 0.283 e. The SMILES string of the molecule is NP(N)(=S)SC(Cl)=C(Cl)Cl. The van der Waals surface area contributed by atoms with Crippen LogP contribution in [0, 0.1) is 0 Å². The summed E-state index contributed by atoms with van der Waals surface area (Å²) in [5, 5.41) is 0. The van der Waals surface area contributed by atoms with Crippen LogP contribution >= 0.6 is 51.7 Å². The van der Waals surface area contributed by atoms with Gasteiger partial charge in [-0.1, -0.05) is 46.6 Å². The molecule has 0 radical (unpaired) electrons. The van der Waals surface area contributed by atoms with Crippen LogP contribution in [0.1, 0.15) is 0 Å². The van der Waals surface area contributed by atoms with Crippen LogP contribution in [-0.4, -0.2) is 0 Å². The Morgan fingerprint density at radius 1 is 1.30 bits per heavy atom. The highest BCUT2D eigenvalue weighted by Gasteiger charge is 2.09. The molecule has 0 aliphatic heterocycles. The van der Waals surface area contributed by atoms with Crippen molar-refractivity contribution in [2.75, 3.05) is 0 Å². The monoisotopic (exact) mass is 256 g/mol. The normalized spacial score (nSPS) is 11.3. The molecule has 0 amide bonds. The minimum atomic E-state index is -2.38. The lowest BCUT2D eigenvalue weighted by molar-refractivity contribution is 1.84. The van der Waals surface area contributed by atoms with Crippen LogP contribution in [0.25, 0.3) is 0 Å². The highest BCUT2D eigenvalue weighted by molar-refractivity contribution is 8.71. The van der Waals surface area contributed by atoms with Crippen LogP contribution in [0.4, 0.5) is 0 Å². The van der Waals surface area contributed by atoms with Gasteiger partial charge < -0.3 is 0 Å². The van der Waals surface area contributed by atoms with Gasteiger partial charge in [-0.2, -0.15) is 0 Å². The molecule has 0 heterocycles. The number of hydrogen-bond donors (Lipinski definition) is 2. The topological polar surface area (TPSA) is 52.0 Å². The molecule has 0 aromatic carbocycles. The van der Waals surface area contributed by atoms with Crippen molar-refractivity contribution in [3.05, 3.63) is 8.86 Å². The van der Waals surface area contributed by atoms with E-state index in [0.29, 0.717) is 0 Å². The fourth-order valence-corrected chi connectivity index (χ4v) is 4.13. The van der Waals surface area contributed by atoms with Gasteiger partial charge in [0.25, 0.3) is 0 Å². The molecule has 0 unspecified atom stereocenters. The lowest BCUT2D eigenvalue weighted by Crippen LogP contribution is -1.98. The van der Waals surface area contributed by atoms with Gasteiger partial charge in [0.2, 0.25) is 0 Å². The molecule has 0 aliphatic rings. The smallest absolute Gasteiger partial charge is 0.132 e. The van der Waals surface area contributed by atoms with Crippen LogP contribution in [0.15, 0.2) is 8.86 Å². The standard InChI is InChI=1S/C2H4Cl3N2PS2/c3-1(4)2(5)10-8(6,7)9/h(H4,6,7,9). The average molecular weight is 258 g/mol. The summed E-state index contributed by atoms with van der Waals surface area (Å²) < 4.78 is 0.0912. The first-order valence-electron chi connectivity index (χ1n) is 1.90. The summed E-state index contributed by atoms with van der Waals surface area (Å²) in [7, 11) is 0. The van der Waals surface area contributed by atoms with Crippen LogP contribution in [0.3, 0.4) is 0 Å². The van der Waals surface area contributed by atoms with Crippen molar-refractivity contribution in [3.63, 3.8) is 0 Å². The van der Waals surface area contributed by atoms with Crippen LogP contribution < -0.4 is 11.0 Å². The maximum absolute atomic E-state index is 5.48. The molecule has 2 nitrogen and oxygen atoms in total. The number of nitrogens with two attached hydrogens (primary N) is 2. The van der Waals surface area contributed by atoms with Gasteiger partial charge in [0.15, 0.2) is 0 Å². The summed E-state index contributed by atoms with van der Waals surface area (Å²) in [4.78, 5) is 0. The van der Waals surface area contributed by atoms with Gasteiger partial charge in [-0.05, 0) is 11.4 Å². The van der Waals surface area contributed by atoms with Gasteiger partial charge >= 0.3 is 0 Å². The van der Waals surface area contributed by atoms with E-state index in [4.69, 9.17) is 45.8 Å². The van der Waals surface area contributed by atoms with E-state index in [1.165, 1.54) is 0 Å². The van der Waals surface area contributed by atoms with Crippen molar-refractivity contribution in [2.24, 2.45) is 11.0 Å². The summed E-state index contributed by atoms with van der Waals surface area (Å²) in [5.41, 5.74) is 8.23. The molecule has 10 heavy (non-hydrogen) atoms. The molecule has 0 aromatic rings. The molecule has 0 atom stereocenters. The van der Waals surface area contributed by atoms with Gasteiger partial charge in [-0.15, -0.1) is 0 Å². The lowest BCUT2D eigenvalue weighted by atomic mass is 11.2. The van der Waals surface area contributed by atoms with E-state index in [0.717, 1.165) is 11.4 Å². The Hall–Kier alpha value is 1.53. The third-order valence-corrected chi connectivity index (χ3v) is 4.63. The second kappa shape index (κ2) is 4.53. The number of halogens is 3. The first-order valence-corrected chi connectivity index (χ1v) is 7.40. The lowest BCUT2D eigenvalue weighted by Gasteiger charge is -2.06. The molecule has 0 aromatic heterocycles. The van der Waals surface area contributed by atoms with E-state index in [2.05, 4.69) is 11.8 Å². The quantitative estimate of drug-likeness (QED) is 0.747. The molecule has 8 heteroatoms. The Bertz CT molecular complexity index is 195. The second-order valence-corrected chi connectivity index (χ2v) is 9.57. The first kappa shape index (κ1) is 11.5. The third-order valence-electron chi connectivity index (χ3n) is 0.371. The van der Waals surface area contributed by atoms with Crippen LogP contribution in [0.2, 0.25) is 0 Å². The highest BCUT2D eigenvalue weighted by atomic mass is 35.5. The Morgan fingerprint density at radius 2 is 1.70 bits per heavy atom. The molecular weight excluding hydrogens is 254 g/mol. The zero-order chi connectivity index (χ0) is 8.36. The van der Waals surface area contributed by atoms with Crippen molar-refractivity contribution >= 4 is 63.5 Å². The number of hydrogen-bond acceptors (Lipinski definition) is 2. The molecule has 0 aliphatic carbocycles. The summed E-state index contributed by atoms with van der Waals surface area (Å²) in [6, 6.07) is 0. The van der Waals surface area contributed by atoms with E-state index in [9.17, 15) is 0 Å². The Balaban J connectivity index is 4.20. The molecule has 60 valence electrons. The van der Waals surface area contributed by atoms with E-state index in [-0.39, 0.29) is 8.86 Å². The van der Waals surface area contributed by atoms with Crippen molar-refractivity contribution in [1.29, 1.82) is 0 Å². The van der Waals surface area contributed by atoms with Crippen molar-refractivity contribution in [1.82, 2.24) is 0 Å². The van der Waals surface area contributed by atoms with Crippen molar-refractivity contribution < 1.29 is 0 Å². The molecule has 0 spiro atoms. The Kier molecular flexibility index (Phi) is 5.22. The third kappa shape index (κ3) is 6.25. The average Bonchev–Trinajstić information content (AvgIpc) is 1.60. The molecule has 0 rings (SSSR count). The minimum absolute atomic E-state index is 0.0585. The highest BCUT2D eigenvalue weighted by Crippen LogP contribution is 2.51. The fraction of sp³-hybridized carbons (Fsp3) is 0. The summed E-state index contributed by atoms with van der Waals surface area (Å²) >= 11 is 21.7. The maximum Gasteiger partial charge on any atom is 0.132 e. The maximum atomic E-state index is 5.48. The zero-order valence-electron chi connectivity index (χ0n) is 4.55. The summed E-state index contributed by atoms with van der Waals surface area (Å²) in [6.45, 7) is 0. The first-order chi connectivity index (χ1) is 4.33. The van der Waals surface area contributed by atoms with E-state index < -0.39 is 5.54 Å². The summed E-state index contributed by atoms with van der Waals surface area (Å²) in [6.07, 6.45) is 0. The van der Waals surface area contributed by atoms with Gasteiger partial charge in [0, 0.05) is 0 Å². The van der Waals surface area contributed by atoms with Crippen molar-refractivity contribution in [2.45, 2.75) is 0 Å². The molecule has 0 saturated carbocycles. The van der Waals surface area contributed by atoms with E-state index in [1.54, 1.807) is 0 Å². The minimum Gasteiger partial charge on any atom is -0.283 e. The Labute approximate surface area is 83.1 Å². The fourth-order valence-electron chi connectivity index (χ4n) is 0.160. The predicted molar refractivity (Wildman–Crippen MR) is 54.8 cm³/mol. The van der Waals surface area contributed by atoms with Gasteiger partial charge in [0.05, 0.1) is 0 Å². The molecule has 0 bridgehead atoms. The second-order valence-electron chi connectivity index (χ2n) is 1.27. The number of rotatable bonds is 2. The zero-order valence-corrected chi connectivity index (χ0v) is 9.35. The Morgan fingerprint density at radius 3 is 1.80 bits per heavy atom. The van der Waals surface area contributed by atoms with Gasteiger partial charge in [-0.3, -0.25) is 11.0 Å². The molecule has 0 fully saturated rings. The van der Waals surface area contributed by atoms with Gasteiger partial charge in [-0.25, -0.2) is 0 Å². The van der Waals surface area contributed by atoms with Crippen LogP contribution in [-0.2, 0) is 11.8 Å². The summed E-state index contributed by atoms with van der Waals surface area (Å²) in [5.74, 6) is 0. The molecule has 4 N–H and O–H groups in total. The predicted octanol–water partition coefficient (Wildman–Crippen LogP) is 2.70.